The molecule has 0 fully saturated rings. The zero-order valence-corrected chi connectivity index (χ0v) is 13.2. The molecule has 0 saturated heterocycles. The Morgan fingerprint density at radius 2 is 1.95 bits per heavy atom. The van der Waals surface area contributed by atoms with Gasteiger partial charge >= 0.3 is 0 Å². The van der Waals surface area contributed by atoms with Gasteiger partial charge in [0.15, 0.2) is 15.7 Å². The van der Waals surface area contributed by atoms with Gasteiger partial charge in [-0.05, 0) is 6.42 Å². The van der Waals surface area contributed by atoms with Crippen LogP contribution in [0.2, 0.25) is 0 Å². The van der Waals surface area contributed by atoms with Crippen LogP contribution in [0.25, 0.3) is 0 Å². The van der Waals surface area contributed by atoms with E-state index >= 15 is 0 Å². The minimum Gasteiger partial charge on any atom is -0.381 e. The normalized spacial score (nSPS) is 12.7. The van der Waals surface area contributed by atoms with Crippen molar-refractivity contribution in [3.8, 4) is 0 Å². The van der Waals surface area contributed by atoms with Crippen LogP contribution in [0.15, 0.2) is 11.1 Å². The number of nitrogens with zero attached hydrogens (tertiary/aromatic N) is 2. The lowest BCUT2D eigenvalue weighted by Crippen LogP contribution is -2.30. The molecule has 0 spiro atoms. The standard InChI is InChI=1S/C10H20N4O4S2/c1-3-6-14-8-9(10(11)13-14)20(17,18)12-5-7-19(15,16)4-2/h8,12H,3-7H2,1-2H3,(H2,11,13). The van der Waals surface area contributed by atoms with Crippen molar-refractivity contribution >= 4 is 25.7 Å². The third-order valence-electron chi connectivity index (χ3n) is 2.64. The Morgan fingerprint density at radius 1 is 1.30 bits per heavy atom. The van der Waals surface area contributed by atoms with Gasteiger partial charge in [0.25, 0.3) is 0 Å². The van der Waals surface area contributed by atoms with E-state index in [4.69, 9.17) is 5.73 Å². The number of hydrogen-bond acceptors (Lipinski definition) is 6. The quantitative estimate of drug-likeness (QED) is 0.670. The van der Waals surface area contributed by atoms with Gasteiger partial charge in [0.05, 0.1) is 5.75 Å². The Bertz CT molecular complexity index is 649. The van der Waals surface area contributed by atoms with Crippen molar-refractivity contribution in [2.45, 2.75) is 31.7 Å². The van der Waals surface area contributed by atoms with Crippen LogP contribution in [0, 0.1) is 0 Å². The predicted octanol–water partition coefficient (Wildman–Crippen LogP) is -0.412. The van der Waals surface area contributed by atoms with Crippen LogP contribution in [0.5, 0.6) is 0 Å². The zero-order valence-electron chi connectivity index (χ0n) is 11.5. The summed E-state index contributed by atoms with van der Waals surface area (Å²) in [6.45, 7) is 3.82. The average molecular weight is 324 g/mol. The molecule has 0 radical (unpaired) electrons. The summed E-state index contributed by atoms with van der Waals surface area (Å²) >= 11 is 0. The summed E-state index contributed by atoms with van der Waals surface area (Å²) in [6, 6.07) is 0. The van der Waals surface area contributed by atoms with Crippen molar-refractivity contribution < 1.29 is 16.8 Å². The highest BCUT2D eigenvalue weighted by molar-refractivity contribution is 7.91. The number of hydrogen-bond donors (Lipinski definition) is 2. The summed E-state index contributed by atoms with van der Waals surface area (Å²) in [5.74, 6) is -0.360. The molecule has 10 heteroatoms. The molecule has 3 N–H and O–H groups in total. The van der Waals surface area contributed by atoms with E-state index in [0.29, 0.717) is 6.54 Å². The SMILES string of the molecule is CCCn1cc(S(=O)(=O)NCCS(=O)(=O)CC)c(N)n1. The second-order valence-corrected chi connectivity index (χ2v) is 8.48. The van der Waals surface area contributed by atoms with Crippen molar-refractivity contribution in [1.82, 2.24) is 14.5 Å². The van der Waals surface area contributed by atoms with Crippen molar-refractivity contribution in [2.75, 3.05) is 23.8 Å². The second kappa shape index (κ2) is 6.55. The fraction of sp³-hybridized carbons (Fsp3) is 0.700. The predicted molar refractivity (Wildman–Crippen MR) is 76.4 cm³/mol. The van der Waals surface area contributed by atoms with E-state index in [0.717, 1.165) is 6.42 Å². The van der Waals surface area contributed by atoms with E-state index < -0.39 is 19.9 Å². The summed E-state index contributed by atoms with van der Waals surface area (Å²) < 4.78 is 50.3. The first kappa shape index (κ1) is 16.9. The van der Waals surface area contributed by atoms with Crippen LogP contribution in [0.4, 0.5) is 5.82 Å². The number of nitrogens with one attached hydrogen (secondary N) is 1. The number of nitrogens with two attached hydrogens (primary N) is 1. The molecular formula is C10H20N4O4S2. The number of aryl methyl sites for hydroxylation is 1. The van der Waals surface area contributed by atoms with Crippen LogP contribution in [0.3, 0.4) is 0 Å². The maximum Gasteiger partial charge on any atom is 0.245 e. The van der Waals surface area contributed by atoms with E-state index in [-0.39, 0.29) is 28.8 Å². The summed E-state index contributed by atoms with van der Waals surface area (Å²) in [5, 5.41) is 3.90. The number of rotatable bonds is 8. The Hall–Kier alpha value is -1.13. The summed E-state index contributed by atoms with van der Waals surface area (Å²) in [5.41, 5.74) is 5.57. The molecule has 0 bridgehead atoms. The number of aromatic nitrogens is 2. The van der Waals surface area contributed by atoms with E-state index in [1.807, 2.05) is 6.92 Å². The van der Waals surface area contributed by atoms with E-state index in [2.05, 4.69) is 9.82 Å². The zero-order chi connectivity index (χ0) is 15.4. The Balaban J connectivity index is 2.79. The number of anilines is 1. The number of nitrogen functional groups attached to an aromatic ring is 1. The lowest BCUT2D eigenvalue weighted by atomic mass is 10.5. The second-order valence-electron chi connectivity index (χ2n) is 4.28. The molecule has 1 aromatic heterocycles. The highest BCUT2D eigenvalue weighted by Gasteiger charge is 2.21. The van der Waals surface area contributed by atoms with Crippen LogP contribution in [-0.2, 0) is 26.4 Å². The molecule has 1 heterocycles. The third-order valence-corrected chi connectivity index (χ3v) is 5.83. The molecule has 0 aliphatic rings. The molecular weight excluding hydrogens is 304 g/mol. The van der Waals surface area contributed by atoms with Crippen molar-refractivity contribution in [3.05, 3.63) is 6.20 Å². The van der Waals surface area contributed by atoms with Gasteiger partial charge in [0.2, 0.25) is 10.0 Å². The van der Waals surface area contributed by atoms with E-state index in [1.54, 1.807) is 0 Å². The van der Waals surface area contributed by atoms with Crippen LogP contribution >= 0.6 is 0 Å². The average Bonchev–Trinajstić information content (AvgIpc) is 2.71. The highest BCUT2D eigenvalue weighted by Crippen LogP contribution is 2.15. The summed E-state index contributed by atoms with van der Waals surface area (Å²) in [7, 11) is -7.06. The first-order chi connectivity index (χ1) is 9.22. The molecule has 20 heavy (non-hydrogen) atoms. The molecule has 0 atom stereocenters. The third kappa shape index (κ3) is 4.46. The molecule has 0 aliphatic heterocycles. The fourth-order valence-corrected chi connectivity index (χ4v) is 3.46. The van der Waals surface area contributed by atoms with Gasteiger partial charge in [-0.2, -0.15) is 5.10 Å². The maximum absolute atomic E-state index is 12.0. The van der Waals surface area contributed by atoms with Crippen molar-refractivity contribution in [1.29, 1.82) is 0 Å². The highest BCUT2D eigenvalue weighted by atomic mass is 32.2. The monoisotopic (exact) mass is 324 g/mol. The fourth-order valence-electron chi connectivity index (χ4n) is 1.52. The minimum absolute atomic E-state index is 0.0225. The molecule has 1 aromatic rings. The molecule has 1 rings (SSSR count). The van der Waals surface area contributed by atoms with Gasteiger partial charge in [-0.25, -0.2) is 21.6 Å². The topological polar surface area (TPSA) is 124 Å². The molecule has 0 unspecified atom stereocenters. The van der Waals surface area contributed by atoms with Gasteiger partial charge in [0.1, 0.15) is 4.90 Å². The Kier molecular flexibility index (Phi) is 5.54. The Labute approximate surface area is 119 Å². The molecule has 8 nitrogen and oxygen atoms in total. The van der Waals surface area contributed by atoms with E-state index in [9.17, 15) is 16.8 Å². The molecule has 116 valence electrons. The molecule has 0 aliphatic carbocycles. The largest absolute Gasteiger partial charge is 0.381 e. The maximum atomic E-state index is 12.0. The molecule has 0 aromatic carbocycles. The lowest BCUT2D eigenvalue weighted by molar-refractivity contribution is 0.579. The summed E-state index contributed by atoms with van der Waals surface area (Å²) in [6.07, 6.45) is 2.14. The van der Waals surface area contributed by atoms with Crippen LogP contribution in [0.1, 0.15) is 20.3 Å². The molecule has 0 saturated carbocycles. The van der Waals surface area contributed by atoms with Gasteiger partial charge in [-0.3, -0.25) is 4.68 Å². The van der Waals surface area contributed by atoms with Gasteiger partial charge in [-0.1, -0.05) is 13.8 Å². The van der Waals surface area contributed by atoms with Gasteiger partial charge in [-0.15, -0.1) is 0 Å². The van der Waals surface area contributed by atoms with Crippen molar-refractivity contribution in [3.63, 3.8) is 0 Å². The first-order valence-corrected chi connectivity index (χ1v) is 9.55. The lowest BCUT2D eigenvalue weighted by Gasteiger charge is -2.05. The van der Waals surface area contributed by atoms with Crippen LogP contribution < -0.4 is 10.5 Å². The number of sulfone groups is 1. The first-order valence-electron chi connectivity index (χ1n) is 6.25. The Morgan fingerprint density at radius 3 is 2.50 bits per heavy atom. The molecule has 0 amide bonds. The van der Waals surface area contributed by atoms with Crippen molar-refractivity contribution in [2.24, 2.45) is 0 Å². The van der Waals surface area contributed by atoms with Gasteiger partial charge in [0, 0.05) is 25.0 Å². The number of sulfonamides is 1. The summed E-state index contributed by atoms with van der Waals surface area (Å²) in [4.78, 5) is -0.125. The van der Waals surface area contributed by atoms with E-state index in [1.165, 1.54) is 17.8 Å². The van der Waals surface area contributed by atoms with Crippen LogP contribution in [-0.4, -0.2) is 44.7 Å². The van der Waals surface area contributed by atoms with Gasteiger partial charge < -0.3 is 5.73 Å². The smallest absolute Gasteiger partial charge is 0.245 e. The minimum atomic E-state index is -3.84.